The molecule has 0 radical (unpaired) electrons. The summed E-state index contributed by atoms with van der Waals surface area (Å²) < 4.78 is -0.584. The van der Waals surface area contributed by atoms with Gasteiger partial charge >= 0.3 is 0 Å². The number of thiocarbonyl (C=S) groups is 1. The molecule has 1 aliphatic carbocycles. The second-order valence-electron chi connectivity index (χ2n) is 5.08. The van der Waals surface area contributed by atoms with Crippen molar-refractivity contribution in [3.8, 4) is 0 Å². The molecule has 1 atom stereocenters. The van der Waals surface area contributed by atoms with Crippen molar-refractivity contribution in [2.45, 2.75) is 16.7 Å². The molecule has 1 saturated carbocycles. The molecule has 21 heavy (non-hydrogen) atoms. The molecule has 2 aromatic rings. The Morgan fingerprint density at radius 1 is 0.952 bits per heavy atom. The first kappa shape index (κ1) is 14.6. The number of halogens is 2. The number of nitrogens with one attached hydrogen (secondary N) is 2. The van der Waals surface area contributed by atoms with Gasteiger partial charge in [-0.25, -0.2) is 0 Å². The van der Waals surface area contributed by atoms with Crippen molar-refractivity contribution in [1.82, 2.24) is 0 Å². The lowest BCUT2D eigenvalue weighted by Crippen LogP contribution is -2.18. The number of hydrogen-bond donors (Lipinski definition) is 2. The second-order valence-corrected chi connectivity index (χ2v) is 7.04. The van der Waals surface area contributed by atoms with Crippen molar-refractivity contribution in [3.05, 3.63) is 60.2 Å². The Morgan fingerprint density at radius 3 is 2.00 bits per heavy atom. The number of anilines is 2. The fourth-order valence-corrected chi connectivity index (χ4v) is 2.98. The van der Waals surface area contributed by atoms with Gasteiger partial charge in [-0.3, -0.25) is 0 Å². The van der Waals surface area contributed by atoms with Crippen LogP contribution >= 0.6 is 35.4 Å². The van der Waals surface area contributed by atoms with E-state index in [0.717, 1.165) is 23.4 Å². The van der Waals surface area contributed by atoms with Crippen LogP contribution in [0.3, 0.4) is 0 Å². The first-order chi connectivity index (χ1) is 10.0. The van der Waals surface area contributed by atoms with E-state index in [9.17, 15) is 0 Å². The highest BCUT2D eigenvalue weighted by Crippen LogP contribution is 2.59. The summed E-state index contributed by atoms with van der Waals surface area (Å²) >= 11 is 17.4. The number of benzene rings is 2. The van der Waals surface area contributed by atoms with E-state index in [4.69, 9.17) is 35.4 Å². The molecule has 0 bridgehead atoms. The normalized spacial score (nSPS) is 18.9. The maximum absolute atomic E-state index is 6.08. The summed E-state index contributed by atoms with van der Waals surface area (Å²) in [4.78, 5) is 0. The van der Waals surface area contributed by atoms with Crippen molar-refractivity contribution >= 4 is 51.9 Å². The molecule has 1 aliphatic rings. The van der Waals surface area contributed by atoms with E-state index in [-0.39, 0.29) is 5.92 Å². The molecule has 1 fully saturated rings. The summed E-state index contributed by atoms with van der Waals surface area (Å²) in [5, 5.41) is 6.84. The van der Waals surface area contributed by atoms with Gasteiger partial charge in [-0.15, -0.1) is 23.2 Å². The van der Waals surface area contributed by atoms with Gasteiger partial charge < -0.3 is 10.6 Å². The minimum Gasteiger partial charge on any atom is -0.332 e. The van der Waals surface area contributed by atoms with E-state index in [1.807, 2.05) is 54.6 Å². The molecule has 3 rings (SSSR count). The highest BCUT2D eigenvalue weighted by molar-refractivity contribution is 7.80. The van der Waals surface area contributed by atoms with Crippen molar-refractivity contribution in [1.29, 1.82) is 0 Å². The van der Waals surface area contributed by atoms with Crippen molar-refractivity contribution in [3.63, 3.8) is 0 Å². The van der Waals surface area contributed by atoms with Crippen LogP contribution in [0.5, 0.6) is 0 Å². The Bertz CT molecular complexity index is 641. The maximum atomic E-state index is 6.08. The third kappa shape index (κ3) is 3.67. The lowest BCUT2D eigenvalue weighted by atomic mass is 10.1. The molecule has 0 unspecified atom stereocenters. The number of rotatable bonds is 3. The molecular weight excluding hydrogens is 323 g/mol. The van der Waals surface area contributed by atoms with Gasteiger partial charge in [0.15, 0.2) is 5.11 Å². The monoisotopic (exact) mass is 336 g/mol. The van der Waals surface area contributed by atoms with Crippen LogP contribution < -0.4 is 10.6 Å². The minimum atomic E-state index is -0.584. The molecule has 0 aliphatic heterocycles. The van der Waals surface area contributed by atoms with Crippen molar-refractivity contribution in [2.24, 2.45) is 0 Å². The predicted molar refractivity (Wildman–Crippen MR) is 94.5 cm³/mol. The Kier molecular flexibility index (Phi) is 4.07. The molecule has 2 nitrogen and oxygen atoms in total. The number of alkyl halides is 2. The number of para-hydroxylation sites is 1. The average molecular weight is 337 g/mol. The molecule has 5 heteroatoms. The van der Waals surface area contributed by atoms with Crippen LogP contribution in [0.4, 0.5) is 11.4 Å². The van der Waals surface area contributed by atoms with Crippen LogP contribution in [0.15, 0.2) is 54.6 Å². The quantitative estimate of drug-likeness (QED) is 0.598. The van der Waals surface area contributed by atoms with Gasteiger partial charge in [0.2, 0.25) is 0 Å². The topological polar surface area (TPSA) is 24.1 Å². The Labute approximate surface area is 139 Å². The van der Waals surface area contributed by atoms with E-state index in [1.54, 1.807) is 0 Å². The van der Waals surface area contributed by atoms with Crippen molar-refractivity contribution < 1.29 is 0 Å². The summed E-state index contributed by atoms with van der Waals surface area (Å²) in [7, 11) is 0. The zero-order chi connectivity index (χ0) is 14.9. The van der Waals surface area contributed by atoms with Crippen LogP contribution in [-0.2, 0) is 0 Å². The third-order valence-electron chi connectivity index (χ3n) is 3.43. The van der Waals surface area contributed by atoms with Gasteiger partial charge in [-0.1, -0.05) is 30.3 Å². The van der Waals surface area contributed by atoms with Crippen LogP contribution in [0.1, 0.15) is 17.9 Å². The lowest BCUT2D eigenvalue weighted by Gasteiger charge is -2.11. The SMILES string of the molecule is S=C(Nc1ccccc1)Nc1ccc([C@@H]2CC2(Cl)Cl)cc1. The zero-order valence-corrected chi connectivity index (χ0v) is 13.5. The molecule has 0 aromatic heterocycles. The fraction of sp³-hybridized carbons (Fsp3) is 0.188. The molecule has 0 saturated heterocycles. The highest BCUT2D eigenvalue weighted by atomic mass is 35.5. The third-order valence-corrected chi connectivity index (χ3v) is 4.47. The van der Waals surface area contributed by atoms with E-state index < -0.39 is 4.33 Å². The fourth-order valence-electron chi connectivity index (χ4n) is 2.19. The predicted octanol–water partition coefficient (Wildman–Crippen LogP) is 5.16. The van der Waals surface area contributed by atoms with Gasteiger partial charge in [0.25, 0.3) is 0 Å². The lowest BCUT2D eigenvalue weighted by molar-refractivity contribution is 1.11. The average Bonchev–Trinajstić information content (AvgIpc) is 3.09. The van der Waals surface area contributed by atoms with E-state index in [1.165, 1.54) is 0 Å². The standard InChI is InChI=1S/C16H14Cl2N2S/c17-16(18)10-14(16)11-6-8-13(9-7-11)20-15(21)19-12-4-2-1-3-5-12/h1-9,14H,10H2,(H2,19,20,21)/t14-/m0/s1. The van der Waals surface area contributed by atoms with Crippen LogP contribution in [-0.4, -0.2) is 9.45 Å². The Balaban J connectivity index is 1.59. The molecular formula is C16H14Cl2N2S. The Hall–Kier alpha value is -1.29. The highest BCUT2D eigenvalue weighted by Gasteiger charge is 2.52. The summed E-state index contributed by atoms with van der Waals surface area (Å²) in [5.74, 6) is 0.240. The van der Waals surface area contributed by atoms with Gasteiger partial charge in [-0.05, 0) is 48.5 Å². The first-order valence-corrected chi connectivity index (χ1v) is 7.82. The molecule has 2 aromatic carbocycles. The summed E-state index contributed by atoms with van der Waals surface area (Å²) in [6, 6.07) is 17.8. The van der Waals surface area contributed by atoms with Gasteiger partial charge in [-0.2, -0.15) is 0 Å². The van der Waals surface area contributed by atoms with Gasteiger partial charge in [0, 0.05) is 17.3 Å². The summed E-state index contributed by atoms with van der Waals surface area (Å²) in [5.41, 5.74) is 3.05. The molecule has 2 N–H and O–H groups in total. The van der Waals surface area contributed by atoms with Crippen LogP contribution in [0.25, 0.3) is 0 Å². The zero-order valence-electron chi connectivity index (χ0n) is 11.1. The van der Waals surface area contributed by atoms with E-state index in [0.29, 0.717) is 5.11 Å². The van der Waals surface area contributed by atoms with Crippen molar-refractivity contribution in [2.75, 3.05) is 10.6 Å². The number of hydrogen-bond acceptors (Lipinski definition) is 1. The maximum Gasteiger partial charge on any atom is 0.175 e. The van der Waals surface area contributed by atoms with Gasteiger partial charge in [0.05, 0.1) is 0 Å². The summed E-state index contributed by atoms with van der Waals surface area (Å²) in [6.07, 6.45) is 0.816. The summed E-state index contributed by atoms with van der Waals surface area (Å²) in [6.45, 7) is 0. The van der Waals surface area contributed by atoms with Crippen LogP contribution in [0, 0.1) is 0 Å². The molecule has 0 spiro atoms. The van der Waals surface area contributed by atoms with E-state index in [2.05, 4.69) is 10.6 Å². The first-order valence-electron chi connectivity index (χ1n) is 6.65. The molecule has 108 valence electrons. The minimum absolute atomic E-state index is 0.240. The smallest absolute Gasteiger partial charge is 0.175 e. The largest absolute Gasteiger partial charge is 0.332 e. The van der Waals surface area contributed by atoms with Crippen LogP contribution in [0.2, 0.25) is 0 Å². The molecule has 0 heterocycles. The van der Waals surface area contributed by atoms with Gasteiger partial charge in [0.1, 0.15) is 4.33 Å². The van der Waals surface area contributed by atoms with E-state index >= 15 is 0 Å². The second kappa shape index (κ2) is 5.84. The molecule has 0 amide bonds. The Morgan fingerprint density at radius 2 is 1.48 bits per heavy atom.